The second kappa shape index (κ2) is 13.3. The largest absolute Gasteiger partial charge is 0.480 e. The molecule has 0 spiro atoms. The number of carboxylic acids is 1. The van der Waals surface area contributed by atoms with E-state index in [1.807, 2.05) is 0 Å². The summed E-state index contributed by atoms with van der Waals surface area (Å²) in [7, 11) is 1.37. The van der Waals surface area contributed by atoms with E-state index in [1.165, 1.54) is 7.11 Å². The number of carbonyl (C=O) groups excluding carboxylic acids is 3. The molecule has 4 atom stereocenters. The summed E-state index contributed by atoms with van der Waals surface area (Å²) < 4.78 is 15.3. The zero-order valence-electron chi connectivity index (χ0n) is 20.2. The molecular weight excluding hydrogens is 458 g/mol. The highest BCUT2D eigenvalue weighted by molar-refractivity contribution is 5.77. The summed E-state index contributed by atoms with van der Waals surface area (Å²) in [5.41, 5.74) is 0. The minimum absolute atomic E-state index is 0.0426. The number of hydrogen-bond donors (Lipinski definition) is 2. The van der Waals surface area contributed by atoms with Crippen LogP contribution in [0.5, 0.6) is 0 Å². The average molecular weight is 494 g/mol. The van der Waals surface area contributed by atoms with Crippen LogP contribution < -0.4 is 5.32 Å². The van der Waals surface area contributed by atoms with Crippen molar-refractivity contribution in [3.8, 4) is 11.8 Å². The Labute approximate surface area is 205 Å². The molecule has 1 unspecified atom stereocenters. The van der Waals surface area contributed by atoms with Gasteiger partial charge in [-0.2, -0.15) is 0 Å². The summed E-state index contributed by atoms with van der Waals surface area (Å²) in [5.74, 6) is 6.20. The SMILES string of the molecule is COCC(=O)OCC1CN(C(=O)CCNC(=O)OC[C@@H]2[C@@H]3CCC#CCC[C@@H]32)CCN1CC(=O)O. The second-order valence-electron chi connectivity index (χ2n) is 9.17. The van der Waals surface area contributed by atoms with Crippen molar-refractivity contribution in [1.29, 1.82) is 0 Å². The minimum Gasteiger partial charge on any atom is -0.480 e. The second-order valence-corrected chi connectivity index (χ2v) is 9.17. The number of piperazine rings is 1. The van der Waals surface area contributed by atoms with Gasteiger partial charge in [-0.1, -0.05) is 0 Å². The first-order chi connectivity index (χ1) is 16.9. The Kier molecular flexibility index (Phi) is 10.2. The maximum absolute atomic E-state index is 12.7. The molecule has 3 aliphatic rings. The van der Waals surface area contributed by atoms with Crippen molar-refractivity contribution in [3.63, 3.8) is 0 Å². The van der Waals surface area contributed by atoms with Gasteiger partial charge in [0.25, 0.3) is 0 Å². The third-order valence-electron chi connectivity index (χ3n) is 6.85. The zero-order valence-corrected chi connectivity index (χ0v) is 20.2. The van der Waals surface area contributed by atoms with Crippen molar-refractivity contribution >= 4 is 23.9 Å². The Morgan fingerprint density at radius 1 is 1.03 bits per heavy atom. The van der Waals surface area contributed by atoms with Crippen LogP contribution in [0, 0.1) is 29.6 Å². The topological polar surface area (TPSA) is 135 Å². The van der Waals surface area contributed by atoms with Gasteiger partial charge in [-0.15, -0.1) is 11.8 Å². The summed E-state index contributed by atoms with van der Waals surface area (Å²) in [4.78, 5) is 50.8. The quantitative estimate of drug-likeness (QED) is 0.308. The molecule has 1 heterocycles. The van der Waals surface area contributed by atoms with Crippen LogP contribution in [0.15, 0.2) is 0 Å². The molecule has 0 aromatic rings. The zero-order chi connectivity index (χ0) is 25.2. The van der Waals surface area contributed by atoms with Crippen LogP contribution in [0.25, 0.3) is 0 Å². The lowest BCUT2D eigenvalue weighted by Gasteiger charge is -2.40. The highest BCUT2D eigenvalue weighted by Gasteiger charge is 2.49. The number of nitrogens with zero attached hydrogens (tertiary/aromatic N) is 2. The van der Waals surface area contributed by atoms with Gasteiger partial charge in [-0.25, -0.2) is 9.59 Å². The van der Waals surface area contributed by atoms with E-state index in [-0.39, 0.29) is 45.2 Å². The Morgan fingerprint density at radius 3 is 2.40 bits per heavy atom. The van der Waals surface area contributed by atoms with E-state index in [4.69, 9.17) is 19.3 Å². The predicted molar refractivity (Wildman–Crippen MR) is 123 cm³/mol. The Bertz CT molecular complexity index is 820. The fourth-order valence-corrected chi connectivity index (χ4v) is 4.94. The average Bonchev–Trinajstić information content (AvgIpc) is 3.45. The summed E-state index contributed by atoms with van der Waals surface area (Å²) >= 11 is 0. The molecule has 0 bridgehead atoms. The number of aliphatic carboxylic acids is 1. The van der Waals surface area contributed by atoms with E-state index in [9.17, 15) is 19.2 Å². The van der Waals surface area contributed by atoms with Crippen molar-refractivity contribution in [2.24, 2.45) is 17.8 Å². The minimum atomic E-state index is -0.995. The lowest BCUT2D eigenvalue weighted by atomic mass is 10.1. The Balaban J connectivity index is 1.36. The first-order valence-electron chi connectivity index (χ1n) is 12.1. The molecule has 2 N–H and O–H groups in total. The van der Waals surface area contributed by atoms with E-state index in [1.54, 1.807) is 9.80 Å². The molecule has 1 saturated carbocycles. The van der Waals surface area contributed by atoms with Crippen LogP contribution in [0.2, 0.25) is 0 Å². The van der Waals surface area contributed by atoms with Crippen molar-refractivity contribution in [2.45, 2.75) is 38.1 Å². The van der Waals surface area contributed by atoms with E-state index >= 15 is 0 Å². The molecule has 1 aliphatic heterocycles. The van der Waals surface area contributed by atoms with Gasteiger partial charge in [0.05, 0.1) is 19.2 Å². The number of nitrogens with one attached hydrogen (secondary N) is 1. The van der Waals surface area contributed by atoms with Crippen molar-refractivity contribution in [3.05, 3.63) is 0 Å². The number of fused-ring (bicyclic) bond motifs is 1. The summed E-state index contributed by atoms with van der Waals surface area (Å²) in [6.45, 7) is 1.01. The molecule has 0 aromatic carbocycles. The van der Waals surface area contributed by atoms with Crippen LogP contribution >= 0.6 is 0 Å². The smallest absolute Gasteiger partial charge is 0.407 e. The summed E-state index contributed by atoms with van der Waals surface area (Å²) in [6, 6.07) is -0.441. The molecule has 11 nitrogen and oxygen atoms in total. The van der Waals surface area contributed by atoms with E-state index < -0.39 is 24.1 Å². The molecule has 11 heteroatoms. The van der Waals surface area contributed by atoms with Crippen molar-refractivity contribution < 1.29 is 38.5 Å². The number of carboxylic acid groups (broad SMARTS) is 1. The number of methoxy groups -OCH3 is 1. The molecule has 3 rings (SSSR count). The normalized spacial score (nSPS) is 25.7. The predicted octanol–water partition coefficient (Wildman–Crippen LogP) is 0.329. The number of ether oxygens (including phenoxy) is 3. The molecule has 194 valence electrons. The first-order valence-corrected chi connectivity index (χ1v) is 12.1. The van der Waals surface area contributed by atoms with Gasteiger partial charge in [-0.3, -0.25) is 14.5 Å². The maximum Gasteiger partial charge on any atom is 0.407 e. The fraction of sp³-hybridized carbons (Fsp3) is 0.750. The highest BCUT2D eigenvalue weighted by Crippen LogP contribution is 2.52. The van der Waals surface area contributed by atoms with Gasteiger partial charge in [0.1, 0.15) is 13.2 Å². The van der Waals surface area contributed by atoms with Gasteiger partial charge < -0.3 is 29.5 Å². The van der Waals surface area contributed by atoms with Gasteiger partial charge in [0.2, 0.25) is 5.91 Å². The first kappa shape index (κ1) is 26.8. The number of amides is 2. The molecule has 2 fully saturated rings. The molecule has 1 saturated heterocycles. The summed E-state index contributed by atoms with van der Waals surface area (Å²) in [6.07, 6.45) is 3.51. The Hall–Kier alpha value is -2.84. The van der Waals surface area contributed by atoms with Crippen LogP contribution in [0.1, 0.15) is 32.1 Å². The maximum atomic E-state index is 12.7. The molecule has 2 aliphatic carbocycles. The number of esters is 1. The number of hydrogen-bond acceptors (Lipinski definition) is 8. The van der Waals surface area contributed by atoms with Crippen LogP contribution in [-0.2, 0) is 28.6 Å². The third kappa shape index (κ3) is 8.40. The summed E-state index contributed by atoms with van der Waals surface area (Å²) in [5, 5.41) is 11.8. The molecule has 0 aromatic heterocycles. The highest BCUT2D eigenvalue weighted by atomic mass is 16.6. The van der Waals surface area contributed by atoms with E-state index in [2.05, 4.69) is 17.2 Å². The third-order valence-corrected chi connectivity index (χ3v) is 6.85. The van der Waals surface area contributed by atoms with E-state index in [0.717, 1.165) is 25.7 Å². The standard InChI is InChI=1S/C24H35N3O8/c1-33-16-23(31)34-14-17-12-27(11-10-26(17)13-22(29)30)21(28)8-9-25-24(32)35-15-20-18-6-4-2-3-5-7-19(18)20/h17-20H,4-16H2,1H3,(H,25,32)(H,29,30)/t17?,18-,19+,20-. The van der Waals surface area contributed by atoms with Crippen LogP contribution in [0.3, 0.4) is 0 Å². The Morgan fingerprint density at radius 2 is 1.74 bits per heavy atom. The number of rotatable bonds is 11. The van der Waals surface area contributed by atoms with Crippen LogP contribution in [-0.4, -0.2) is 105 Å². The van der Waals surface area contributed by atoms with Gasteiger partial charge >= 0.3 is 18.0 Å². The molecular formula is C24H35N3O8. The van der Waals surface area contributed by atoms with Crippen molar-refractivity contribution in [1.82, 2.24) is 15.1 Å². The lowest BCUT2D eigenvalue weighted by Crippen LogP contribution is -2.57. The van der Waals surface area contributed by atoms with Gasteiger partial charge in [0, 0.05) is 52.6 Å². The van der Waals surface area contributed by atoms with Gasteiger partial charge in [-0.05, 0) is 30.6 Å². The molecule has 35 heavy (non-hydrogen) atoms. The fourth-order valence-electron chi connectivity index (χ4n) is 4.94. The van der Waals surface area contributed by atoms with Crippen molar-refractivity contribution in [2.75, 3.05) is 59.7 Å². The van der Waals surface area contributed by atoms with Gasteiger partial charge in [0.15, 0.2) is 0 Å². The molecule has 2 amide bonds. The molecule has 0 radical (unpaired) electrons. The monoisotopic (exact) mass is 493 g/mol. The van der Waals surface area contributed by atoms with E-state index in [0.29, 0.717) is 37.5 Å². The number of alkyl carbamates (subject to hydrolysis) is 1. The lowest BCUT2D eigenvalue weighted by molar-refractivity contribution is -0.152. The van der Waals surface area contributed by atoms with Crippen LogP contribution in [0.4, 0.5) is 4.79 Å². The number of carbonyl (C=O) groups is 4.